The van der Waals surface area contributed by atoms with Crippen molar-refractivity contribution >= 4 is 17.5 Å². The van der Waals surface area contributed by atoms with Gasteiger partial charge in [0.25, 0.3) is 0 Å². The molecule has 0 saturated carbocycles. The minimum Gasteiger partial charge on any atom is -0.379 e. The van der Waals surface area contributed by atoms with E-state index < -0.39 is 0 Å². The molecule has 2 aliphatic rings. The Bertz CT molecular complexity index is 817. The average Bonchev–Trinajstić information content (AvgIpc) is 2.80. The highest BCUT2D eigenvalue weighted by Gasteiger charge is 2.28. The standard InChI is InChI=1S/C23H31N5O2/c1-18(17-27-13-15-30-16-14-27)23(29)28-11-8-19(9-12-28)20-5-4-7-22(25-20)26-21-6-2-3-10-24-21/h2-7,10,18-19H,8-9,11-17H2,1H3,(H,24,25,26)/t18-/m1/s1. The van der Waals surface area contributed by atoms with Crippen LogP contribution >= 0.6 is 0 Å². The normalized spacial score (nSPS) is 19.4. The van der Waals surface area contributed by atoms with Crippen molar-refractivity contribution in [3.8, 4) is 0 Å². The van der Waals surface area contributed by atoms with E-state index in [-0.39, 0.29) is 11.8 Å². The molecule has 0 radical (unpaired) electrons. The zero-order valence-corrected chi connectivity index (χ0v) is 17.7. The maximum absolute atomic E-state index is 12.9. The van der Waals surface area contributed by atoms with E-state index >= 15 is 0 Å². The topological polar surface area (TPSA) is 70.6 Å². The lowest BCUT2D eigenvalue weighted by Crippen LogP contribution is -2.46. The van der Waals surface area contributed by atoms with Gasteiger partial charge in [-0.2, -0.15) is 0 Å². The third-order valence-corrected chi connectivity index (χ3v) is 5.97. The lowest BCUT2D eigenvalue weighted by atomic mass is 9.92. The summed E-state index contributed by atoms with van der Waals surface area (Å²) < 4.78 is 5.40. The molecule has 0 spiro atoms. The molecule has 1 atom stereocenters. The number of amides is 1. The van der Waals surface area contributed by atoms with E-state index in [1.165, 1.54) is 0 Å². The second kappa shape index (κ2) is 10.00. The van der Waals surface area contributed by atoms with E-state index in [9.17, 15) is 4.79 Å². The van der Waals surface area contributed by atoms with Crippen molar-refractivity contribution < 1.29 is 9.53 Å². The number of likely N-dealkylation sites (tertiary alicyclic amines) is 1. The van der Waals surface area contributed by atoms with Crippen molar-refractivity contribution in [2.24, 2.45) is 5.92 Å². The first-order chi connectivity index (χ1) is 14.7. The molecule has 1 amide bonds. The summed E-state index contributed by atoms with van der Waals surface area (Å²) in [6.07, 6.45) is 3.67. The molecule has 0 bridgehead atoms. The summed E-state index contributed by atoms with van der Waals surface area (Å²) in [6, 6.07) is 11.9. The van der Waals surface area contributed by atoms with Gasteiger partial charge in [0.1, 0.15) is 11.6 Å². The zero-order valence-electron chi connectivity index (χ0n) is 17.7. The van der Waals surface area contributed by atoms with Crippen LogP contribution in [0.5, 0.6) is 0 Å². The van der Waals surface area contributed by atoms with Crippen molar-refractivity contribution in [1.29, 1.82) is 0 Å². The molecule has 4 heterocycles. The molecule has 160 valence electrons. The van der Waals surface area contributed by atoms with Gasteiger partial charge in [0, 0.05) is 56.5 Å². The van der Waals surface area contributed by atoms with Crippen molar-refractivity contribution in [2.75, 3.05) is 51.3 Å². The predicted octanol–water partition coefficient (Wildman–Crippen LogP) is 2.89. The first-order valence-electron chi connectivity index (χ1n) is 10.9. The van der Waals surface area contributed by atoms with Gasteiger partial charge < -0.3 is 15.0 Å². The maximum atomic E-state index is 12.9. The number of anilines is 2. The quantitative estimate of drug-likeness (QED) is 0.791. The Hall–Kier alpha value is -2.51. The fraction of sp³-hybridized carbons (Fsp3) is 0.522. The van der Waals surface area contributed by atoms with E-state index in [1.807, 2.05) is 35.2 Å². The number of hydrogen-bond acceptors (Lipinski definition) is 6. The van der Waals surface area contributed by atoms with E-state index in [0.29, 0.717) is 5.92 Å². The third kappa shape index (κ3) is 5.34. The molecule has 30 heavy (non-hydrogen) atoms. The highest BCUT2D eigenvalue weighted by Crippen LogP contribution is 2.28. The van der Waals surface area contributed by atoms with Crippen LogP contribution in [0.2, 0.25) is 0 Å². The molecule has 2 aliphatic heterocycles. The van der Waals surface area contributed by atoms with Gasteiger partial charge in [0.05, 0.1) is 13.2 Å². The van der Waals surface area contributed by atoms with Gasteiger partial charge in [-0.05, 0) is 37.1 Å². The number of nitrogens with one attached hydrogen (secondary N) is 1. The molecule has 2 saturated heterocycles. The van der Waals surface area contributed by atoms with Gasteiger partial charge >= 0.3 is 0 Å². The molecule has 0 aliphatic carbocycles. The Balaban J connectivity index is 1.29. The number of rotatable bonds is 6. The van der Waals surface area contributed by atoms with E-state index in [0.717, 1.165) is 76.1 Å². The highest BCUT2D eigenvalue weighted by molar-refractivity contribution is 5.78. The monoisotopic (exact) mass is 409 g/mol. The van der Waals surface area contributed by atoms with Gasteiger partial charge in [-0.3, -0.25) is 9.69 Å². The van der Waals surface area contributed by atoms with Crippen LogP contribution in [0.15, 0.2) is 42.6 Å². The van der Waals surface area contributed by atoms with Crippen LogP contribution in [-0.4, -0.2) is 71.6 Å². The fourth-order valence-electron chi connectivity index (χ4n) is 4.27. The van der Waals surface area contributed by atoms with Crippen molar-refractivity contribution in [3.63, 3.8) is 0 Å². The molecule has 0 aromatic carbocycles. The van der Waals surface area contributed by atoms with Crippen molar-refractivity contribution in [3.05, 3.63) is 48.3 Å². The second-order valence-corrected chi connectivity index (χ2v) is 8.20. The SMILES string of the molecule is C[C@H](CN1CCOCC1)C(=O)N1CCC(c2cccc(Nc3ccccn3)n2)CC1. The number of aromatic nitrogens is 2. The number of ether oxygens (including phenoxy) is 1. The molecule has 2 fully saturated rings. The Morgan fingerprint density at radius 3 is 2.60 bits per heavy atom. The number of pyridine rings is 2. The molecule has 2 aromatic rings. The first kappa shape index (κ1) is 20.8. The second-order valence-electron chi connectivity index (χ2n) is 8.20. The summed E-state index contributed by atoms with van der Waals surface area (Å²) in [5.41, 5.74) is 1.09. The molecule has 7 heteroatoms. The lowest BCUT2D eigenvalue weighted by Gasteiger charge is -2.35. The lowest BCUT2D eigenvalue weighted by molar-refractivity contribution is -0.137. The number of carbonyl (C=O) groups excluding carboxylic acids is 1. The number of nitrogens with zero attached hydrogens (tertiary/aromatic N) is 4. The zero-order chi connectivity index (χ0) is 20.8. The van der Waals surface area contributed by atoms with Crippen molar-refractivity contribution in [1.82, 2.24) is 19.8 Å². The van der Waals surface area contributed by atoms with Gasteiger partial charge in [0.15, 0.2) is 0 Å². The van der Waals surface area contributed by atoms with Gasteiger partial charge in [-0.1, -0.05) is 19.1 Å². The summed E-state index contributed by atoms with van der Waals surface area (Å²) in [4.78, 5) is 26.4. The van der Waals surface area contributed by atoms with E-state index in [4.69, 9.17) is 9.72 Å². The minimum atomic E-state index is 0.0312. The maximum Gasteiger partial charge on any atom is 0.226 e. The van der Waals surface area contributed by atoms with Crippen molar-refractivity contribution in [2.45, 2.75) is 25.7 Å². The summed E-state index contributed by atoms with van der Waals surface area (Å²) in [6.45, 7) is 7.87. The molecule has 0 unspecified atom stereocenters. The predicted molar refractivity (Wildman–Crippen MR) is 117 cm³/mol. The third-order valence-electron chi connectivity index (χ3n) is 5.97. The minimum absolute atomic E-state index is 0.0312. The van der Waals surface area contributed by atoms with E-state index in [1.54, 1.807) is 6.20 Å². The largest absolute Gasteiger partial charge is 0.379 e. The molecule has 1 N–H and O–H groups in total. The number of morpholine rings is 1. The average molecular weight is 410 g/mol. The number of hydrogen-bond donors (Lipinski definition) is 1. The first-order valence-corrected chi connectivity index (χ1v) is 10.9. The molecular weight excluding hydrogens is 378 g/mol. The molecule has 4 rings (SSSR count). The Kier molecular flexibility index (Phi) is 6.92. The smallest absolute Gasteiger partial charge is 0.226 e. The Morgan fingerprint density at radius 2 is 1.87 bits per heavy atom. The van der Waals surface area contributed by atoms with Crippen LogP contribution in [0, 0.1) is 5.92 Å². The van der Waals surface area contributed by atoms with Gasteiger partial charge in [0.2, 0.25) is 5.91 Å². The van der Waals surface area contributed by atoms with Crippen LogP contribution in [0.4, 0.5) is 11.6 Å². The highest BCUT2D eigenvalue weighted by atomic mass is 16.5. The summed E-state index contributed by atoms with van der Waals surface area (Å²) >= 11 is 0. The number of piperidine rings is 1. The Labute approximate surface area is 178 Å². The summed E-state index contributed by atoms with van der Waals surface area (Å²) in [7, 11) is 0. The summed E-state index contributed by atoms with van der Waals surface area (Å²) in [5.74, 6) is 2.29. The van der Waals surface area contributed by atoms with Gasteiger partial charge in [-0.25, -0.2) is 9.97 Å². The van der Waals surface area contributed by atoms with Crippen LogP contribution < -0.4 is 5.32 Å². The van der Waals surface area contributed by atoms with Crippen LogP contribution in [-0.2, 0) is 9.53 Å². The summed E-state index contributed by atoms with van der Waals surface area (Å²) in [5, 5.41) is 3.26. The molecule has 2 aromatic heterocycles. The van der Waals surface area contributed by atoms with Crippen LogP contribution in [0.25, 0.3) is 0 Å². The van der Waals surface area contributed by atoms with E-state index in [2.05, 4.69) is 28.2 Å². The molecule has 7 nitrogen and oxygen atoms in total. The molecular formula is C23H31N5O2. The van der Waals surface area contributed by atoms with Crippen LogP contribution in [0.3, 0.4) is 0 Å². The van der Waals surface area contributed by atoms with Gasteiger partial charge in [-0.15, -0.1) is 0 Å². The van der Waals surface area contributed by atoms with Crippen LogP contribution in [0.1, 0.15) is 31.4 Å². The number of carbonyl (C=O) groups is 1. The fourth-order valence-corrected chi connectivity index (χ4v) is 4.27. The Morgan fingerprint density at radius 1 is 1.10 bits per heavy atom.